The SMILES string of the molecule is [B]c1cc(NC(S)NCCCO)c(=O)n(C)c1. The molecule has 1 atom stereocenters. The fraction of sp³-hybridized carbons (Fsp3) is 0.500. The monoisotopic (exact) mass is 253 g/mol. The molecule has 1 heterocycles. The van der Waals surface area contributed by atoms with Crippen LogP contribution in [0.3, 0.4) is 0 Å². The third-order valence-electron chi connectivity index (χ3n) is 2.17. The molecule has 0 saturated heterocycles. The van der Waals surface area contributed by atoms with E-state index in [1.54, 1.807) is 19.3 Å². The molecule has 2 radical (unpaired) electrons. The van der Waals surface area contributed by atoms with Crippen LogP contribution in [-0.2, 0) is 7.05 Å². The number of aliphatic hydroxyl groups is 1. The molecule has 1 aromatic rings. The highest BCUT2D eigenvalue weighted by Gasteiger charge is 2.06. The molecule has 0 aliphatic carbocycles. The van der Waals surface area contributed by atoms with Gasteiger partial charge >= 0.3 is 0 Å². The maximum atomic E-state index is 11.7. The van der Waals surface area contributed by atoms with Crippen molar-refractivity contribution in [1.29, 1.82) is 0 Å². The van der Waals surface area contributed by atoms with Crippen LogP contribution in [0.4, 0.5) is 5.69 Å². The van der Waals surface area contributed by atoms with Gasteiger partial charge in [-0.3, -0.25) is 10.1 Å². The van der Waals surface area contributed by atoms with E-state index in [0.29, 0.717) is 24.1 Å². The van der Waals surface area contributed by atoms with E-state index in [9.17, 15) is 4.79 Å². The van der Waals surface area contributed by atoms with Gasteiger partial charge in [-0.25, -0.2) is 0 Å². The first-order chi connectivity index (χ1) is 8.04. The van der Waals surface area contributed by atoms with Crippen molar-refractivity contribution in [1.82, 2.24) is 9.88 Å². The number of rotatable bonds is 6. The molecular formula is C10H16BN3O2S. The number of hydrogen-bond acceptors (Lipinski definition) is 5. The number of aromatic nitrogens is 1. The molecule has 3 N–H and O–H groups in total. The standard InChI is InChI=1S/C10H16BN3O2S/c1-14-6-7(11)5-8(9(14)16)13-10(17)12-3-2-4-15/h5-6,10,12-13,15,17H,2-4H2,1H3. The van der Waals surface area contributed by atoms with Crippen molar-refractivity contribution >= 4 is 31.6 Å². The van der Waals surface area contributed by atoms with Gasteiger partial charge in [-0.1, -0.05) is 5.46 Å². The van der Waals surface area contributed by atoms with Crippen molar-refractivity contribution in [2.45, 2.75) is 11.9 Å². The number of hydrogen-bond donors (Lipinski definition) is 4. The summed E-state index contributed by atoms with van der Waals surface area (Å²) in [6.07, 6.45) is 2.19. The average molecular weight is 253 g/mol. The molecule has 0 saturated carbocycles. The first kappa shape index (κ1) is 14.1. The maximum absolute atomic E-state index is 11.7. The molecule has 7 heteroatoms. The summed E-state index contributed by atoms with van der Waals surface area (Å²) in [6.45, 7) is 0.730. The van der Waals surface area contributed by atoms with E-state index < -0.39 is 0 Å². The molecule has 0 fully saturated rings. The van der Waals surface area contributed by atoms with Gasteiger partial charge in [0.05, 0.1) is 0 Å². The normalized spacial score (nSPS) is 12.4. The number of anilines is 1. The Morgan fingerprint density at radius 1 is 1.65 bits per heavy atom. The zero-order valence-corrected chi connectivity index (χ0v) is 10.6. The van der Waals surface area contributed by atoms with Crippen molar-refractivity contribution in [2.24, 2.45) is 7.05 Å². The van der Waals surface area contributed by atoms with E-state index in [1.165, 1.54) is 4.57 Å². The minimum atomic E-state index is -0.365. The van der Waals surface area contributed by atoms with Crippen LogP contribution in [0, 0.1) is 0 Å². The van der Waals surface area contributed by atoms with E-state index in [1.807, 2.05) is 0 Å². The van der Waals surface area contributed by atoms with Gasteiger partial charge in [-0.15, -0.1) is 12.6 Å². The summed E-state index contributed by atoms with van der Waals surface area (Å²) >= 11 is 4.24. The predicted molar refractivity (Wildman–Crippen MR) is 73.2 cm³/mol. The van der Waals surface area contributed by atoms with Gasteiger partial charge < -0.3 is 15.0 Å². The van der Waals surface area contributed by atoms with Gasteiger partial charge in [0.25, 0.3) is 5.56 Å². The Morgan fingerprint density at radius 3 is 3.00 bits per heavy atom. The van der Waals surface area contributed by atoms with Gasteiger partial charge in [0.1, 0.15) is 19.0 Å². The third kappa shape index (κ3) is 4.45. The highest BCUT2D eigenvalue weighted by Crippen LogP contribution is 2.00. The number of aryl methyl sites for hydroxylation is 1. The van der Waals surface area contributed by atoms with Crippen LogP contribution in [0.25, 0.3) is 0 Å². The predicted octanol–water partition coefficient (Wildman–Crippen LogP) is -1.22. The second kappa shape index (κ2) is 6.73. The van der Waals surface area contributed by atoms with E-state index in [-0.39, 0.29) is 17.7 Å². The molecule has 92 valence electrons. The number of nitrogens with one attached hydrogen (secondary N) is 2. The summed E-state index contributed by atoms with van der Waals surface area (Å²) in [5.74, 6) is 0. The lowest BCUT2D eigenvalue weighted by molar-refractivity contribution is 0.286. The van der Waals surface area contributed by atoms with Gasteiger partial charge in [-0.05, 0) is 25.2 Å². The lowest BCUT2D eigenvalue weighted by atomic mass is 9.98. The van der Waals surface area contributed by atoms with Crippen molar-refractivity contribution < 1.29 is 5.11 Å². The third-order valence-corrected chi connectivity index (χ3v) is 2.48. The molecule has 0 bridgehead atoms. The minimum absolute atomic E-state index is 0.119. The van der Waals surface area contributed by atoms with Gasteiger partial charge in [0.15, 0.2) is 0 Å². The summed E-state index contributed by atoms with van der Waals surface area (Å²) in [5.41, 5.74) is 0.368. The summed E-state index contributed by atoms with van der Waals surface area (Å²) in [4.78, 5) is 11.7. The first-order valence-electron chi connectivity index (χ1n) is 5.29. The zero-order valence-electron chi connectivity index (χ0n) is 9.68. The highest BCUT2D eigenvalue weighted by molar-refractivity contribution is 7.81. The summed E-state index contributed by atoms with van der Waals surface area (Å²) in [5, 5.41) is 14.5. The van der Waals surface area contributed by atoms with Crippen molar-refractivity contribution in [2.75, 3.05) is 18.5 Å². The fourth-order valence-corrected chi connectivity index (χ4v) is 1.63. The molecule has 1 aromatic heterocycles. The van der Waals surface area contributed by atoms with Crippen LogP contribution >= 0.6 is 12.6 Å². The number of nitrogens with zero attached hydrogens (tertiary/aromatic N) is 1. The highest BCUT2D eigenvalue weighted by atomic mass is 32.1. The quantitative estimate of drug-likeness (QED) is 0.222. The Morgan fingerprint density at radius 2 is 2.35 bits per heavy atom. The molecule has 0 aliphatic rings. The maximum Gasteiger partial charge on any atom is 0.273 e. The average Bonchev–Trinajstić information content (AvgIpc) is 2.25. The molecule has 0 spiro atoms. The summed E-state index contributed by atoms with van der Waals surface area (Å²) in [6, 6.07) is 1.57. The van der Waals surface area contributed by atoms with Crippen LogP contribution in [0.15, 0.2) is 17.1 Å². The largest absolute Gasteiger partial charge is 0.396 e. The van der Waals surface area contributed by atoms with Crippen molar-refractivity contribution in [3.63, 3.8) is 0 Å². The second-order valence-corrected chi connectivity index (χ2v) is 4.20. The molecule has 0 aromatic carbocycles. The van der Waals surface area contributed by atoms with Gasteiger partial charge in [0, 0.05) is 13.7 Å². The van der Waals surface area contributed by atoms with Gasteiger partial charge in [0.2, 0.25) is 0 Å². The molecule has 1 unspecified atom stereocenters. The number of thiol groups is 1. The molecule has 0 aliphatic heterocycles. The Bertz CT molecular complexity index is 425. The van der Waals surface area contributed by atoms with Crippen molar-refractivity contribution in [3.05, 3.63) is 22.6 Å². The van der Waals surface area contributed by atoms with E-state index in [2.05, 4.69) is 23.3 Å². The summed E-state index contributed by atoms with van der Waals surface area (Å²) in [7, 11) is 7.28. The molecule has 5 nitrogen and oxygen atoms in total. The lowest BCUT2D eigenvalue weighted by Gasteiger charge is -2.16. The Kier molecular flexibility index (Phi) is 5.60. The molecule has 1 rings (SSSR count). The number of pyridine rings is 1. The van der Waals surface area contributed by atoms with Crippen LogP contribution < -0.4 is 21.7 Å². The Balaban J connectivity index is 2.65. The van der Waals surface area contributed by atoms with Crippen LogP contribution in [0.1, 0.15) is 6.42 Å². The fourth-order valence-electron chi connectivity index (χ4n) is 1.36. The molecular weight excluding hydrogens is 237 g/mol. The number of aliphatic hydroxyl groups excluding tert-OH is 1. The van der Waals surface area contributed by atoms with Crippen molar-refractivity contribution in [3.8, 4) is 0 Å². The summed E-state index contributed by atoms with van der Waals surface area (Å²) < 4.78 is 1.41. The minimum Gasteiger partial charge on any atom is -0.396 e. The topological polar surface area (TPSA) is 66.3 Å². The Hall–Kier alpha value is -0.915. The zero-order chi connectivity index (χ0) is 12.8. The molecule has 17 heavy (non-hydrogen) atoms. The van der Waals surface area contributed by atoms with Crippen LogP contribution in [0.2, 0.25) is 0 Å². The van der Waals surface area contributed by atoms with E-state index in [0.717, 1.165) is 0 Å². The van der Waals surface area contributed by atoms with Crippen LogP contribution in [0.5, 0.6) is 0 Å². The van der Waals surface area contributed by atoms with Gasteiger partial charge in [-0.2, -0.15) is 0 Å². The molecule has 0 amide bonds. The second-order valence-electron chi connectivity index (χ2n) is 3.68. The van der Waals surface area contributed by atoms with E-state index >= 15 is 0 Å². The van der Waals surface area contributed by atoms with E-state index in [4.69, 9.17) is 13.0 Å². The lowest BCUT2D eigenvalue weighted by Crippen LogP contribution is -2.36. The van der Waals surface area contributed by atoms with Crippen LogP contribution in [-0.4, -0.2) is 36.2 Å². The Labute approximate surface area is 107 Å². The smallest absolute Gasteiger partial charge is 0.273 e. The first-order valence-corrected chi connectivity index (χ1v) is 5.81.